The molecular weight excluding hydrogens is 236 g/mol. The number of nitrogens with zero attached hydrogens (tertiary/aromatic N) is 1. The minimum Gasteiger partial charge on any atom is -0.480 e. The van der Waals surface area contributed by atoms with E-state index in [0.717, 1.165) is 32.3 Å². The highest BCUT2D eigenvalue weighted by Crippen LogP contribution is 2.18. The normalized spacial score (nSPS) is 28.8. The van der Waals surface area contributed by atoms with Crippen molar-refractivity contribution in [3.05, 3.63) is 0 Å². The van der Waals surface area contributed by atoms with Gasteiger partial charge in [-0.25, -0.2) is 9.59 Å². The highest BCUT2D eigenvalue weighted by molar-refractivity contribution is 5.83. The molecule has 6 heteroatoms. The zero-order valence-electron chi connectivity index (χ0n) is 10.4. The lowest BCUT2D eigenvalue weighted by Gasteiger charge is -2.34. The standard InChI is InChI=1S/C12H20N2O4/c15-11(16)10-5-1-2-6-14(10)12(17)13-9-4-3-7-18-8-9/h9-10H,1-8H2,(H,13,17)(H,15,16). The van der Waals surface area contributed by atoms with Crippen LogP contribution in [0.1, 0.15) is 32.1 Å². The van der Waals surface area contributed by atoms with Crippen molar-refractivity contribution in [3.8, 4) is 0 Å². The first-order chi connectivity index (χ1) is 8.68. The molecule has 2 rings (SSSR count). The van der Waals surface area contributed by atoms with E-state index in [0.29, 0.717) is 19.6 Å². The van der Waals surface area contributed by atoms with Gasteiger partial charge in [-0.1, -0.05) is 0 Å². The van der Waals surface area contributed by atoms with Gasteiger partial charge in [-0.2, -0.15) is 0 Å². The number of aliphatic carboxylic acids is 1. The van der Waals surface area contributed by atoms with Gasteiger partial charge in [-0.05, 0) is 32.1 Å². The number of nitrogens with one attached hydrogen (secondary N) is 1. The molecule has 18 heavy (non-hydrogen) atoms. The quantitative estimate of drug-likeness (QED) is 0.766. The molecule has 102 valence electrons. The summed E-state index contributed by atoms with van der Waals surface area (Å²) in [6.45, 7) is 1.79. The largest absolute Gasteiger partial charge is 0.480 e. The van der Waals surface area contributed by atoms with Crippen LogP contribution in [0.5, 0.6) is 0 Å². The number of hydrogen-bond donors (Lipinski definition) is 2. The van der Waals surface area contributed by atoms with E-state index in [2.05, 4.69) is 5.32 Å². The van der Waals surface area contributed by atoms with Crippen LogP contribution >= 0.6 is 0 Å². The second kappa shape index (κ2) is 6.04. The number of hydrogen-bond acceptors (Lipinski definition) is 3. The monoisotopic (exact) mass is 256 g/mol. The summed E-state index contributed by atoms with van der Waals surface area (Å²) in [7, 11) is 0. The molecule has 0 radical (unpaired) electrons. The molecule has 2 unspecified atom stereocenters. The van der Waals surface area contributed by atoms with Gasteiger partial charge >= 0.3 is 12.0 Å². The van der Waals surface area contributed by atoms with E-state index < -0.39 is 12.0 Å². The number of urea groups is 1. The van der Waals surface area contributed by atoms with Crippen LogP contribution in [0.2, 0.25) is 0 Å². The molecule has 0 aliphatic carbocycles. The zero-order chi connectivity index (χ0) is 13.0. The first-order valence-corrected chi connectivity index (χ1v) is 6.56. The van der Waals surface area contributed by atoms with E-state index in [4.69, 9.17) is 9.84 Å². The van der Waals surface area contributed by atoms with Crippen LogP contribution in [-0.4, -0.2) is 53.8 Å². The molecule has 2 aliphatic heterocycles. The summed E-state index contributed by atoms with van der Waals surface area (Å²) < 4.78 is 5.30. The number of carboxylic acids is 1. The van der Waals surface area contributed by atoms with E-state index in [9.17, 15) is 9.59 Å². The molecule has 2 aliphatic rings. The minimum absolute atomic E-state index is 0.0163. The van der Waals surface area contributed by atoms with Gasteiger partial charge in [-0.15, -0.1) is 0 Å². The van der Waals surface area contributed by atoms with Crippen LogP contribution in [0, 0.1) is 0 Å². The molecule has 2 saturated heterocycles. The number of ether oxygens (including phenoxy) is 1. The predicted molar refractivity (Wildman–Crippen MR) is 64.4 cm³/mol. The van der Waals surface area contributed by atoms with Crippen molar-refractivity contribution in [3.63, 3.8) is 0 Å². The summed E-state index contributed by atoms with van der Waals surface area (Å²) in [5, 5.41) is 12.0. The van der Waals surface area contributed by atoms with Gasteiger partial charge in [0.05, 0.1) is 12.6 Å². The number of piperidine rings is 1. The highest BCUT2D eigenvalue weighted by Gasteiger charge is 2.32. The molecule has 2 fully saturated rings. The zero-order valence-corrected chi connectivity index (χ0v) is 10.4. The third kappa shape index (κ3) is 3.13. The fraction of sp³-hybridized carbons (Fsp3) is 0.833. The predicted octanol–water partition coefficient (Wildman–Crippen LogP) is 0.814. The first-order valence-electron chi connectivity index (χ1n) is 6.56. The third-order valence-electron chi connectivity index (χ3n) is 3.54. The summed E-state index contributed by atoms with van der Waals surface area (Å²) in [5.41, 5.74) is 0. The topological polar surface area (TPSA) is 78.9 Å². The van der Waals surface area contributed by atoms with Crippen LogP contribution in [0.4, 0.5) is 4.79 Å². The number of carbonyl (C=O) groups is 2. The Morgan fingerprint density at radius 1 is 1.22 bits per heavy atom. The van der Waals surface area contributed by atoms with Crippen LogP contribution in [-0.2, 0) is 9.53 Å². The lowest BCUT2D eigenvalue weighted by molar-refractivity contribution is -0.143. The fourth-order valence-electron chi connectivity index (χ4n) is 2.54. The third-order valence-corrected chi connectivity index (χ3v) is 3.54. The Balaban J connectivity index is 1.91. The van der Waals surface area contributed by atoms with Crippen molar-refractivity contribution in [1.82, 2.24) is 10.2 Å². The van der Waals surface area contributed by atoms with Gasteiger partial charge in [0.2, 0.25) is 0 Å². The van der Waals surface area contributed by atoms with Crippen LogP contribution in [0.15, 0.2) is 0 Å². The second-order valence-electron chi connectivity index (χ2n) is 4.91. The Morgan fingerprint density at radius 2 is 2.06 bits per heavy atom. The maximum Gasteiger partial charge on any atom is 0.326 e. The summed E-state index contributed by atoms with van der Waals surface area (Å²) in [4.78, 5) is 24.6. The Kier molecular flexibility index (Phi) is 4.41. The molecular formula is C12H20N2O4. The van der Waals surface area contributed by atoms with Crippen LogP contribution in [0.25, 0.3) is 0 Å². The van der Waals surface area contributed by atoms with E-state index >= 15 is 0 Å². The summed E-state index contributed by atoms with van der Waals surface area (Å²) in [6, 6.07) is -0.927. The number of carbonyl (C=O) groups excluding carboxylic acids is 1. The summed E-state index contributed by atoms with van der Waals surface area (Å²) >= 11 is 0. The highest BCUT2D eigenvalue weighted by atomic mass is 16.5. The molecule has 0 saturated carbocycles. The van der Waals surface area contributed by atoms with Gasteiger partial charge in [0.1, 0.15) is 6.04 Å². The van der Waals surface area contributed by atoms with Crippen molar-refractivity contribution in [2.75, 3.05) is 19.8 Å². The Hall–Kier alpha value is -1.30. The van der Waals surface area contributed by atoms with Crippen LogP contribution in [0.3, 0.4) is 0 Å². The van der Waals surface area contributed by atoms with Crippen LogP contribution < -0.4 is 5.32 Å². The van der Waals surface area contributed by atoms with Gasteiger partial charge in [-0.3, -0.25) is 0 Å². The molecule has 2 amide bonds. The smallest absolute Gasteiger partial charge is 0.326 e. The molecule has 0 spiro atoms. The van der Waals surface area contributed by atoms with Crippen molar-refractivity contribution in [2.45, 2.75) is 44.2 Å². The fourth-order valence-corrected chi connectivity index (χ4v) is 2.54. The molecule has 0 bridgehead atoms. The lowest BCUT2D eigenvalue weighted by atomic mass is 10.0. The Morgan fingerprint density at radius 3 is 2.72 bits per heavy atom. The van der Waals surface area contributed by atoms with Crippen molar-refractivity contribution >= 4 is 12.0 Å². The van der Waals surface area contributed by atoms with Crippen molar-refractivity contribution in [2.24, 2.45) is 0 Å². The van der Waals surface area contributed by atoms with Crippen molar-refractivity contribution in [1.29, 1.82) is 0 Å². The van der Waals surface area contributed by atoms with Gasteiger partial charge in [0.15, 0.2) is 0 Å². The first kappa shape index (κ1) is 13.1. The molecule has 0 aromatic heterocycles. The molecule has 0 aromatic rings. The van der Waals surface area contributed by atoms with E-state index in [-0.39, 0.29) is 12.1 Å². The average Bonchev–Trinajstić information content (AvgIpc) is 2.40. The van der Waals surface area contributed by atoms with Crippen molar-refractivity contribution < 1.29 is 19.4 Å². The second-order valence-corrected chi connectivity index (χ2v) is 4.91. The molecule has 6 nitrogen and oxygen atoms in total. The molecule has 2 atom stereocenters. The van der Waals surface area contributed by atoms with Gasteiger partial charge in [0.25, 0.3) is 0 Å². The van der Waals surface area contributed by atoms with Gasteiger partial charge in [0, 0.05) is 13.2 Å². The summed E-state index contributed by atoms with van der Waals surface area (Å²) in [5.74, 6) is -0.912. The Bertz CT molecular complexity index is 315. The number of likely N-dealkylation sites (tertiary alicyclic amines) is 1. The number of amides is 2. The number of rotatable bonds is 2. The molecule has 2 heterocycles. The van der Waals surface area contributed by atoms with E-state index in [1.165, 1.54) is 4.90 Å². The van der Waals surface area contributed by atoms with E-state index in [1.807, 2.05) is 0 Å². The average molecular weight is 256 g/mol. The summed E-state index contributed by atoms with van der Waals surface area (Å²) in [6.07, 6.45) is 4.13. The lowest BCUT2D eigenvalue weighted by Crippen LogP contribution is -2.54. The maximum atomic E-state index is 12.1. The SMILES string of the molecule is O=C(O)C1CCCCN1C(=O)NC1CCCOC1. The molecule has 2 N–H and O–H groups in total. The van der Waals surface area contributed by atoms with Gasteiger partial charge < -0.3 is 20.1 Å². The molecule has 0 aromatic carbocycles. The maximum absolute atomic E-state index is 12.1. The minimum atomic E-state index is -0.912. The van der Waals surface area contributed by atoms with E-state index in [1.54, 1.807) is 0 Å². The Labute approximate surface area is 106 Å². The number of carboxylic acid groups (broad SMARTS) is 1.